The zero-order valence-corrected chi connectivity index (χ0v) is 16.7. The van der Waals surface area contributed by atoms with Crippen LogP contribution >= 0.6 is 15.9 Å². The Morgan fingerprint density at radius 3 is 2.59 bits per heavy atom. The van der Waals surface area contributed by atoms with Gasteiger partial charge >= 0.3 is 5.69 Å². The lowest BCUT2D eigenvalue weighted by Gasteiger charge is -2.25. The van der Waals surface area contributed by atoms with E-state index in [1.807, 2.05) is 0 Å². The third-order valence-corrected chi connectivity index (χ3v) is 4.66. The summed E-state index contributed by atoms with van der Waals surface area (Å²) in [6, 6.07) is 5.21. The predicted octanol–water partition coefficient (Wildman–Crippen LogP) is 3.59. The van der Waals surface area contributed by atoms with Crippen LogP contribution in [0, 0.1) is 21.7 Å². The normalized spacial score (nSPS) is 10.9. The van der Waals surface area contributed by atoms with Gasteiger partial charge < -0.3 is 14.7 Å². The molecule has 0 aliphatic carbocycles. The summed E-state index contributed by atoms with van der Waals surface area (Å²) in [7, 11) is 1.41. The fourth-order valence-corrected chi connectivity index (χ4v) is 3.32. The molecule has 0 unspecified atom stereocenters. The van der Waals surface area contributed by atoms with Gasteiger partial charge in [0.1, 0.15) is 23.5 Å². The number of methoxy groups -OCH3 is 1. The van der Waals surface area contributed by atoms with Crippen molar-refractivity contribution in [1.82, 2.24) is 9.97 Å². The largest absolute Gasteiger partial charge is 0.481 e. The molecule has 1 aromatic carbocycles. The molecule has 2 aromatic heterocycles. The molecule has 0 bridgehead atoms. The summed E-state index contributed by atoms with van der Waals surface area (Å²) in [4.78, 5) is 20.4. The van der Waals surface area contributed by atoms with Gasteiger partial charge in [0.2, 0.25) is 5.88 Å². The maximum absolute atomic E-state index is 14.4. The molecule has 0 saturated heterocycles. The zero-order valence-electron chi connectivity index (χ0n) is 15.1. The van der Waals surface area contributed by atoms with E-state index in [4.69, 9.17) is 4.74 Å². The standard InChI is InChI=1S/C18H15BrF2N4O4/c1-29-16-3-2-11-17(15(25(27)28)8-22-18(11)23-16)24(4-5-26)9-12-13(20)6-10(19)7-14(12)21/h2-3,6-8,26H,4-5,9H2,1H3. The van der Waals surface area contributed by atoms with Crippen molar-refractivity contribution in [2.75, 3.05) is 25.2 Å². The Bertz CT molecular complexity index is 1060. The number of pyridine rings is 2. The van der Waals surface area contributed by atoms with E-state index < -0.39 is 23.2 Å². The number of aliphatic hydroxyl groups excluding tert-OH is 1. The highest BCUT2D eigenvalue weighted by atomic mass is 79.9. The van der Waals surface area contributed by atoms with Crippen LogP contribution in [0.15, 0.2) is 34.9 Å². The highest BCUT2D eigenvalue weighted by Gasteiger charge is 2.26. The average Bonchev–Trinajstić information content (AvgIpc) is 2.68. The molecule has 11 heteroatoms. The van der Waals surface area contributed by atoms with E-state index in [0.29, 0.717) is 0 Å². The van der Waals surface area contributed by atoms with Crippen LogP contribution in [0.1, 0.15) is 5.56 Å². The molecule has 3 aromatic rings. The van der Waals surface area contributed by atoms with Crippen LogP contribution in [0.5, 0.6) is 5.88 Å². The summed E-state index contributed by atoms with van der Waals surface area (Å²) in [5, 5.41) is 21.4. The van der Waals surface area contributed by atoms with Crippen LogP contribution in [-0.2, 0) is 6.54 Å². The van der Waals surface area contributed by atoms with Crippen molar-refractivity contribution in [2.24, 2.45) is 0 Å². The fourth-order valence-electron chi connectivity index (χ4n) is 2.92. The summed E-state index contributed by atoms with van der Waals surface area (Å²) in [6.07, 6.45) is 1.02. The van der Waals surface area contributed by atoms with Crippen molar-refractivity contribution in [2.45, 2.75) is 6.54 Å². The first-order chi connectivity index (χ1) is 13.8. The van der Waals surface area contributed by atoms with Crippen molar-refractivity contribution < 1.29 is 23.5 Å². The Morgan fingerprint density at radius 1 is 1.31 bits per heavy atom. The van der Waals surface area contributed by atoms with Crippen LogP contribution in [0.3, 0.4) is 0 Å². The summed E-state index contributed by atoms with van der Waals surface area (Å²) >= 11 is 3.01. The van der Waals surface area contributed by atoms with Crippen molar-refractivity contribution in [3.8, 4) is 5.88 Å². The quantitative estimate of drug-likeness (QED) is 0.417. The minimum atomic E-state index is -0.819. The van der Waals surface area contributed by atoms with Gasteiger partial charge in [0.15, 0.2) is 5.65 Å². The highest BCUT2D eigenvalue weighted by molar-refractivity contribution is 9.10. The molecular weight excluding hydrogens is 454 g/mol. The first kappa shape index (κ1) is 20.8. The number of benzene rings is 1. The number of fused-ring (bicyclic) bond motifs is 1. The Morgan fingerprint density at radius 2 is 2.00 bits per heavy atom. The molecule has 0 saturated carbocycles. The Hall–Kier alpha value is -2.92. The molecule has 0 fully saturated rings. The number of rotatable bonds is 7. The molecule has 0 amide bonds. The van der Waals surface area contributed by atoms with Gasteiger partial charge in [0, 0.05) is 29.2 Å². The van der Waals surface area contributed by atoms with Gasteiger partial charge in [-0.25, -0.2) is 13.8 Å². The minimum Gasteiger partial charge on any atom is -0.481 e. The lowest BCUT2D eigenvalue weighted by molar-refractivity contribution is -0.384. The molecular formula is C18H15BrF2N4O4. The monoisotopic (exact) mass is 468 g/mol. The van der Waals surface area contributed by atoms with Gasteiger partial charge in [0.05, 0.1) is 24.0 Å². The molecule has 0 spiro atoms. The Kier molecular flexibility index (Phi) is 6.18. The highest BCUT2D eigenvalue weighted by Crippen LogP contribution is 2.36. The molecule has 29 heavy (non-hydrogen) atoms. The van der Waals surface area contributed by atoms with Crippen LogP contribution < -0.4 is 9.64 Å². The van der Waals surface area contributed by atoms with E-state index >= 15 is 0 Å². The van der Waals surface area contributed by atoms with E-state index in [1.165, 1.54) is 24.1 Å². The number of nitrogens with zero attached hydrogens (tertiary/aromatic N) is 4. The van der Waals surface area contributed by atoms with Gasteiger partial charge in [-0.1, -0.05) is 15.9 Å². The average molecular weight is 469 g/mol. The van der Waals surface area contributed by atoms with E-state index in [0.717, 1.165) is 18.3 Å². The molecule has 0 radical (unpaired) electrons. The maximum Gasteiger partial charge on any atom is 0.311 e. The lowest BCUT2D eigenvalue weighted by Crippen LogP contribution is -2.28. The number of hydrogen-bond donors (Lipinski definition) is 1. The molecule has 152 valence electrons. The van der Waals surface area contributed by atoms with Crippen molar-refractivity contribution in [3.63, 3.8) is 0 Å². The molecule has 1 N–H and O–H groups in total. The summed E-state index contributed by atoms with van der Waals surface area (Å²) in [5.74, 6) is -1.38. The van der Waals surface area contributed by atoms with Gasteiger partial charge in [-0.05, 0) is 18.2 Å². The molecule has 3 rings (SSSR count). The van der Waals surface area contributed by atoms with Gasteiger partial charge in [-0.15, -0.1) is 0 Å². The number of nitro groups is 1. The van der Waals surface area contributed by atoms with Gasteiger partial charge in [0.25, 0.3) is 0 Å². The van der Waals surface area contributed by atoms with Crippen molar-refractivity contribution in [3.05, 3.63) is 62.2 Å². The molecule has 0 aliphatic heterocycles. The molecule has 2 heterocycles. The SMILES string of the molecule is COc1ccc2c(N(CCO)Cc3c(F)cc(Br)cc3F)c([N+](=O)[O-])cnc2n1. The number of anilines is 1. The van der Waals surface area contributed by atoms with Gasteiger partial charge in [-0.3, -0.25) is 10.1 Å². The molecule has 0 atom stereocenters. The second-order valence-corrected chi connectivity index (χ2v) is 6.88. The number of aromatic nitrogens is 2. The maximum atomic E-state index is 14.4. The second kappa shape index (κ2) is 8.62. The lowest BCUT2D eigenvalue weighted by atomic mass is 10.1. The molecule has 0 aliphatic rings. The fraction of sp³-hybridized carbons (Fsp3) is 0.222. The molecule has 8 nitrogen and oxygen atoms in total. The van der Waals surface area contributed by atoms with Crippen LogP contribution in [0.25, 0.3) is 11.0 Å². The van der Waals surface area contributed by atoms with E-state index in [2.05, 4.69) is 25.9 Å². The summed E-state index contributed by atoms with van der Waals surface area (Å²) < 4.78 is 34.0. The topological polar surface area (TPSA) is 102 Å². The smallest absolute Gasteiger partial charge is 0.311 e. The first-order valence-electron chi connectivity index (χ1n) is 8.33. The van der Waals surface area contributed by atoms with E-state index in [1.54, 1.807) is 0 Å². The minimum absolute atomic E-state index is 0.0471. The van der Waals surface area contributed by atoms with Crippen LogP contribution in [0.2, 0.25) is 0 Å². The number of hydrogen-bond acceptors (Lipinski definition) is 7. The van der Waals surface area contributed by atoms with Crippen LogP contribution in [-0.4, -0.2) is 40.3 Å². The number of halogens is 3. The third kappa shape index (κ3) is 4.25. The predicted molar refractivity (Wildman–Crippen MR) is 105 cm³/mol. The summed E-state index contributed by atoms with van der Waals surface area (Å²) in [5.41, 5.74) is -0.464. The number of aliphatic hydroxyl groups is 1. The third-order valence-electron chi connectivity index (χ3n) is 4.20. The van der Waals surface area contributed by atoms with Crippen LogP contribution in [0.4, 0.5) is 20.2 Å². The van der Waals surface area contributed by atoms with Gasteiger partial charge in [-0.2, -0.15) is 4.98 Å². The first-order valence-corrected chi connectivity index (χ1v) is 9.12. The summed E-state index contributed by atoms with van der Waals surface area (Å²) in [6.45, 7) is -0.858. The second-order valence-electron chi connectivity index (χ2n) is 5.97. The Labute approximate surface area is 172 Å². The van der Waals surface area contributed by atoms with E-state index in [9.17, 15) is 24.0 Å². The van der Waals surface area contributed by atoms with Crippen molar-refractivity contribution >= 4 is 38.3 Å². The van der Waals surface area contributed by atoms with E-state index in [-0.39, 0.29) is 51.4 Å². The number of ether oxygens (including phenoxy) is 1. The zero-order chi connectivity index (χ0) is 21.1. The Balaban J connectivity index is 2.20. The van der Waals surface area contributed by atoms with Crippen molar-refractivity contribution in [1.29, 1.82) is 0 Å².